The maximum Gasteiger partial charge on any atom is 0.234 e. The summed E-state index contributed by atoms with van der Waals surface area (Å²) in [6.45, 7) is 5.58. The molecule has 1 aromatic heterocycles. The second-order valence-corrected chi connectivity index (χ2v) is 7.29. The first-order chi connectivity index (χ1) is 11.5. The molecule has 0 spiro atoms. The van der Waals surface area contributed by atoms with Gasteiger partial charge >= 0.3 is 0 Å². The minimum atomic E-state index is 0.0131. The zero-order chi connectivity index (χ0) is 17.5. The van der Waals surface area contributed by atoms with E-state index in [2.05, 4.69) is 22.7 Å². The molecule has 0 bridgehead atoms. The van der Waals surface area contributed by atoms with Gasteiger partial charge in [-0.05, 0) is 44.7 Å². The summed E-state index contributed by atoms with van der Waals surface area (Å²) in [4.78, 5) is 13.6. The minimum absolute atomic E-state index is 0.0131. The standard InChI is InChI=1S/C16H23N5OS2/c1-4-9-17-14(22)10-20(3)11-21-16(23)24-15(19-21)18-13-7-5-12(2)6-8-13/h5-8H,4,9-11H2,1-3H3,(H,17,22)(H,18,19). The predicted molar refractivity (Wildman–Crippen MR) is 101 cm³/mol. The highest BCUT2D eigenvalue weighted by molar-refractivity contribution is 7.73. The van der Waals surface area contributed by atoms with Gasteiger partial charge in [-0.15, -0.1) is 5.10 Å². The third-order valence-electron chi connectivity index (χ3n) is 3.27. The number of anilines is 2. The Balaban J connectivity index is 1.94. The molecule has 8 heteroatoms. The average Bonchev–Trinajstić information content (AvgIpc) is 2.87. The summed E-state index contributed by atoms with van der Waals surface area (Å²) >= 11 is 6.78. The number of carbonyl (C=O) groups excluding carboxylic acids is 1. The number of aryl methyl sites for hydroxylation is 1. The van der Waals surface area contributed by atoms with Crippen LogP contribution in [0.3, 0.4) is 0 Å². The van der Waals surface area contributed by atoms with Crippen LogP contribution in [0, 0.1) is 10.9 Å². The molecule has 0 aliphatic heterocycles. The van der Waals surface area contributed by atoms with E-state index in [-0.39, 0.29) is 5.91 Å². The van der Waals surface area contributed by atoms with Crippen molar-refractivity contribution in [2.75, 3.05) is 25.5 Å². The molecule has 24 heavy (non-hydrogen) atoms. The Morgan fingerprint density at radius 3 is 2.75 bits per heavy atom. The van der Waals surface area contributed by atoms with Gasteiger partial charge in [0.05, 0.1) is 13.2 Å². The molecule has 2 rings (SSSR count). The Bertz CT molecular complexity index is 723. The smallest absolute Gasteiger partial charge is 0.234 e. The summed E-state index contributed by atoms with van der Waals surface area (Å²) in [5, 5.41) is 11.3. The van der Waals surface area contributed by atoms with Gasteiger partial charge in [-0.3, -0.25) is 9.69 Å². The molecule has 2 N–H and O–H groups in total. The maximum absolute atomic E-state index is 11.7. The van der Waals surface area contributed by atoms with Crippen LogP contribution < -0.4 is 10.6 Å². The fourth-order valence-electron chi connectivity index (χ4n) is 2.05. The molecule has 0 radical (unpaired) electrons. The van der Waals surface area contributed by atoms with Crippen LogP contribution in [0.15, 0.2) is 24.3 Å². The first-order valence-electron chi connectivity index (χ1n) is 7.85. The van der Waals surface area contributed by atoms with E-state index in [4.69, 9.17) is 12.2 Å². The number of hydrogen-bond donors (Lipinski definition) is 2. The fourth-order valence-corrected chi connectivity index (χ4v) is 3.06. The zero-order valence-corrected chi connectivity index (χ0v) is 15.8. The second-order valence-electron chi connectivity index (χ2n) is 5.67. The number of rotatable bonds is 8. The lowest BCUT2D eigenvalue weighted by atomic mass is 10.2. The average molecular weight is 366 g/mol. The van der Waals surface area contributed by atoms with Gasteiger partial charge in [0, 0.05) is 12.2 Å². The third kappa shape index (κ3) is 5.70. The van der Waals surface area contributed by atoms with Crippen molar-refractivity contribution in [1.29, 1.82) is 0 Å². The number of carbonyl (C=O) groups is 1. The molecule has 0 aliphatic rings. The normalized spacial score (nSPS) is 10.8. The molecule has 6 nitrogen and oxygen atoms in total. The van der Waals surface area contributed by atoms with Gasteiger partial charge in [0.25, 0.3) is 0 Å². The summed E-state index contributed by atoms with van der Waals surface area (Å²) in [5.74, 6) is 0.0131. The topological polar surface area (TPSA) is 62.2 Å². The van der Waals surface area contributed by atoms with E-state index in [1.54, 1.807) is 4.68 Å². The molecule has 1 aromatic carbocycles. The van der Waals surface area contributed by atoms with Crippen LogP contribution in [-0.4, -0.2) is 40.7 Å². The molecule has 0 saturated carbocycles. The van der Waals surface area contributed by atoms with Crippen LogP contribution in [0.2, 0.25) is 0 Å². The van der Waals surface area contributed by atoms with E-state index in [1.807, 2.05) is 43.1 Å². The number of hydrogen-bond acceptors (Lipinski definition) is 6. The summed E-state index contributed by atoms with van der Waals surface area (Å²) < 4.78 is 2.40. The van der Waals surface area contributed by atoms with E-state index in [0.29, 0.717) is 23.7 Å². The summed E-state index contributed by atoms with van der Waals surface area (Å²) in [7, 11) is 1.87. The molecular weight excluding hydrogens is 342 g/mol. The lowest BCUT2D eigenvalue weighted by Gasteiger charge is -2.15. The third-order valence-corrected chi connectivity index (χ3v) is 4.49. The SMILES string of the molecule is CCCNC(=O)CN(C)Cn1nc(Nc2ccc(C)cc2)sc1=S. The van der Waals surface area contributed by atoms with E-state index < -0.39 is 0 Å². The number of amides is 1. The Labute approximate surface area is 151 Å². The Morgan fingerprint density at radius 2 is 2.08 bits per heavy atom. The van der Waals surface area contributed by atoms with Crippen LogP contribution >= 0.6 is 23.6 Å². The van der Waals surface area contributed by atoms with Crippen LogP contribution in [0.4, 0.5) is 10.8 Å². The van der Waals surface area contributed by atoms with E-state index in [0.717, 1.165) is 17.2 Å². The fraction of sp³-hybridized carbons (Fsp3) is 0.438. The monoisotopic (exact) mass is 365 g/mol. The van der Waals surface area contributed by atoms with Crippen LogP contribution in [0.5, 0.6) is 0 Å². The van der Waals surface area contributed by atoms with Crippen LogP contribution in [0.25, 0.3) is 0 Å². The van der Waals surface area contributed by atoms with Gasteiger partial charge in [0.15, 0.2) is 3.95 Å². The molecule has 2 aromatic rings. The van der Waals surface area contributed by atoms with Crippen molar-refractivity contribution in [2.24, 2.45) is 0 Å². The van der Waals surface area contributed by atoms with Crippen molar-refractivity contribution in [3.05, 3.63) is 33.8 Å². The Hall–Kier alpha value is -1.77. The molecule has 1 heterocycles. The second kappa shape index (κ2) is 8.91. The molecule has 0 fully saturated rings. The highest BCUT2D eigenvalue weighted by Gasteiger charge is 2.09. The molecular formula is C16H23N5OS2. The molecule has 130 valence electrons. The molecule has 1 amide bonds. The molecule has 0 atom stereocenters. The lowest BCUT2D eigenvalue weighted by Crippen LogP contribution is -2.36. The van der Waals surface area contributed by atoms with E-state index in [9.17, 15) is 4.79 Å². The predicted octanol–water partition coefficient (Wildman–Crippen LogP) is 3.14. The van der Waals surface area contributed by atoms with Crippen molar-refractivity contribution in [2.45, 2.75) is 26.9 Å². The van der Waals surface area contributed by atoms with E-state index in [1.165, 1.54) is 16.9 Å². The minimum Gasteiger partial charge on any atom is -0.355 e. The highest BCUT2D eigenvalue weighted by atomic mass is 32.1. The van der Waals surface area contributed by atoms with Gasteiger partial charge in [0.1, 0.15) is 0 Å². The Morgan fingerprint density at radius 1 is 1.38 bits per heavy atom. The summed E-state index contributed by atoms with van der Waals surface area (Å²) in [6.07, 6.45) is 0.931. The molecule has 0 aliphatic carbocycles. The molecule has 0 saturated heterocycles. The zero-order valence-electron chi connectivity index (χ0n) is 14.2. The number of aromatic nitrogens is 2. The first-order valence-corrected chi connectivity index (χ1v) is 9.07. The van der Waals surface area contributed by atoms with Crippen molar-refractivity contribution < 1.29 is 4.79 Å². The van der Waals surface area contributed by atoms with Crippen molar-refractivity contribution in [1.82, 2.24) is 20.0 Å². The quantitative estimate of drug-likeness (QED) is 0.704. The Kier molecular flexibility index (Phi) is 6.89. The first kappa shape index (κ1) is 18.6. The van der Waals surface area contributed by atoms with Crippen molar-refractivity contribution in [3.63, 3.8) is 0 Å². The largest absolute Gasteiger partial charge is 0.355 e. The summed E-state index contributed by atoms with van der Waals surface area (Å²) in [6, 6.07) is 8.10. The highest BCUT2D eigenvalue weighted by Crippen LogP contribution is 2.20. The number of benzene rings is 1. The summed E-state index contributed by atoms with van der Waals surface area (Å²) in [5.41, 5.74) is 2.19. The van der Waals surface area contributed by atoms with Crippen LogP contribution in [0.1, 0.15) is 18.9 Å². The van der Waals surface area contributed by atoms with Gasteiger partial charge in [-0.1, -0.05) is 36.0 Å². The lowest BCUT2D eigenvalue weighted by molar-refractivity contribution is -0.122. The van der Waals surface area contributed by atoms with Crippen molar-refractivity contribution >= 4 is 40.3 Å². The van der Waals surface area contributed by atoms with Gasteiger partial charge in [-0.2, -0.15) is 0 Å². The van der Waals surface area contributed by atoms with Gasteiger partial charge < -0.3 is 10.6 Å². The molecule has 0 unspecified atom stereocenters. The maximum atomic E-state index is 11.7. The number of nitrogens with zero attached hydrogens (tertiary/aromatic N) is 3. The van der Waals surface area contributed by atoms with Gasteiger partial charge in [0.2, 0.25) is 11.0 Å². The number of likely N-dealkylation sites (N-methyl/N-ethyl adjacent to an activating group) is 1. The van der Waals surface area contributed by atoms with Gasteiger partial charge in [-0.25, -0.2) is 4.68 Å². The number of nitrogens with one attached hydrogen (secondary N) is 2. The van der Waals surface area contributed by atoms with Crippen LogP contribution in [-0.2, 0) is 11.5 Å². The van der Waals surface area contributed by atoms with Crippen molar-refractivity contribution in [3.8, 4) is 0 Å². The van der Waals surface area contributed by atoms with E-state index >= 15 is 0 Å².